The van der Waals surface area contributed by atoms with Gasteiger partial charge in [0.2, 0.25) is 0 Å². The number of halogens is 1. The van der Waals surface area contributed by atoms with Crippen LogP contribution in [0.15, 0.2) is 12.1 Å². The van der Waals surface area contributed by atoms with Crippen LogP contribution in [0, 0.1) is 0 Å². The highest BCUT2D eigenvalue weighted by molar-refractivity contribution is 6.33. The normalized spacial score (nSPS) is 25.3. The molecule has 0 unspecified atom stereocenters. The summed E-state index contributed by atoms with van der Waals surface area (Å²) in [5.41, 5.74) is 0.928. The summed E-state index contributed by atoms with van der Waals surface area (Å²) in [7, 11) is 1.79. The lowest BCUT2D eigenvalue weighted by Gasteiger charge is -2.29. The molecular weight excluding hydrogens is 278 g/mol. The Morgan fingerprint density at radius 2 is 1.75 bits per heavy atom. The van der Waals surface area contributed by atoms with E-state index in [1.165, 1.54) is 0 Å². The first kappa shape index (κ1) is 13.8. The van der Waals surface area contributed by atoms with Crippen LogP contribution in [0.3, 0.4) is 0 Å². The van der Waals surface area contributed by atoms with Crippen LogP contribution in [0.4, 0.5) is 5.69 Å². The molecule has 1 aliphatic carbocycles. The Labute approximate surface area is 124 Å². The topological polar surface area (TPSA) is 39.7 Å². The highest BCUT2D eigenvalue weighted by Gasteiger charge is 2.22. The minimum Gasteiger partial charge on any atom is -0.486 e. The van der Waals surface area contributed by atoms with Crippen LogP contribution in [-0.4, -0.2) is 32.5 Å². The molecule has 1 aromatic rings. The van der Waals surface area contributed by atoms with Crippen LogP contribution in [0.5, 0.6) is 11.5 Å². The number of rotatable bonds is 3. The lowest BCUT2D eigenvalue weighted by Crippen LogP contribution is -2.29. The molecule has 0 amide bonds. The Morgan fingerprint density at radius 3 is 2.40 bits per heavy atom. The van der Waals surface area contributed by atoms with E-state index in [9.17, 15) is 0 Å². The molecule has 3 rings (SSSR count). The van der Waals surface area contributed by atoms with E-state index < -0.39 is 0 Å². The second kappa shape index (κ2) is 6.10. The van der Waals surface area contributed by atoms with E-state index in [2.05, 4.69) is 5.32 Å². The van der Waals surface area contributed by atoms with Crippen molar-refractivity contribution < 1.29 is 14.2 Å². The predicted molar refractivity (Wildman–Crippen MR) is 79.1 cm³/mol. The number of ether oxygens (including phenoxy) is 3. The molecule has 0 saturated heterocycles. The van der Waals surface area contributed by atoms with E-state index in [1.54, 1.807) is 7.11 Å². The fourth-order valence-electron chi connectivity index (χ4n) is 2.84. The van der Waals surface area contributed by atoms with Crippen LogP contribution in [0.2, 0.25) is 5.02 Å². The van der Waals surface area contributed by atoms with Crippen molar-refractivity contribution in [3.63, 3.8) is 0 Å². The summed E-state index contributed by atoms with van der Waals surface area (Å²) in [4.78, 5) is 0. The number of hydrogen-bond acceptors (Lipinski definition) is 4. The molecule has 20 heavy (non-hydrogen) atoms. The van der Waals surface area contributed by atoms with Crippen LogP contribution in [0.25, 0.3) is 0 Å². The quantitative estimate of drug-likeness (QED) is 0.927. The summed E-state index contributed by atoms with van der Waals surface area (Å²) in [6, 6.07) is 4.22. The van der Waals surface area contributed by atoms with E-state index in [0.29, 0.717) is 30.4 Å². The number of fused-ring (bicyclic) bond motifs is 1. The summed E-state index contributed by atoms with van der Waals surface area (Å²) in [5.74, 6) is 1.50. The predicted octanol–water partition coefficient (Wildman–Crippen LogP) is 3.48. The van der Waals surface area contributed by atoms with E-state index in [4.69, 9.17) is 25.8 Å². The SMILES string of the molecule is COC1CCC(Nc2cc3c(cc2Cl)OCCO3)CC1. The zero-order valence-electron chi connectivity index (χ0n) is 11.7. The molecule has 0 bridgehead atoms. The Bertz CT molecular complexity index is 472. The maximum absolute atomic E-state index is 6.31. The molecule has 1 aliphatic heterocycles. The third-order valence-corrected chi connectivity index (χ3v) is 4.31. The third kappa shape index (κ3) is 2.96. The number of hydrogen-bond donors (Lipinski definition) is 1. The summed E-state index contributed by atoms with van der Waals surface area (Å²) >= 11 is 6.31. The monoisotopic (exact) mass is 297 g/mol. The average Bonchev–Trinajstić information content (AvgIpc) is 2.49. The Kier molecular flexibility index (Phi) is 4.22. The van der Waals surface area contributed by atoms with Gasteiger partial charge in [-0.05, 0) is 25.7 Å². The lowest BCUT2D eigenvalue weighted by atomic mass is 9.93. The van der Waals surface area contributed by atoms with Crippen LogP contribution in [-0.2, 0) is 4.74 Å². The van der Waals surface area contributed by atoms with Gasteiger partial charge in [-0.3, -0.25) is 0 Å². The Balaban J connectivity index is 1.68. The molecule has 1 N–H and O–H groups in total. The van der Waals surface area contributed by atoms with E-state index in [-0.39, 0.29) is 0 Å². The lowest BCUT2D eigenvalue weighted by molar-refractivity contribution is 0.0682. The molecule has 1 saturated carbocycles. The van der Waals surface area contributed by atoms with E-state index in [1.807, 2.05) is 12.1 Å². The summed E-state index contributed by atoms with van der Waals surface area (Å²) in [5, 5.41) is 4.20. The largest absolute Gasteiger partial charge is 0.486 e. The van der Waals surface area contributed by atoms with Crippen LogP contribution >= 0.6 is 11.6 Å². The highest BCUT2D eigenvalue weighted by atomic mass is 35.5. The maximum atomic E-state index is 6.31. The molecule has 1 heterocycles. The van der Waals surface area contributed by atoms with Gasteiger partial charge in [0.15, 0.2) is 11.5 Å². The van der Waals surface area contributed by atoms with Gasteiger partial charge in [-0.1, -0.05) is 11.6 Å². The summed E-state index contributed by atoms with van der Waals surface area (Å²) in [6.45, 7) is 1.17. The third-order valence-electron chi connectivity index (χ3n) is 4.00. The Hall–Kier alpha value is -1.13. The maximum Gasteiger partial charge on any atom is 0.163 e. The van der Waals surface area contributed by atoms with E-state index in [0.717, 1.165) is 42.9 Å². The zero-order chi connectivity index (χ0) is 13.9. The average molecular weight is 298 g/mol. The van der Waals surface area contributed by atoms with Crippen molar-refractivity contribution in [3.05, 3.63) is 17.2 Å². The number of methoxy groups -OCH3 is 1. The van der Waals surface area contributed by atoms with Crippen LogP contribution in [0.1, 0.15) is 25.7 Å². The van der Waals surface area contributed by atoms with Crippen molar-refractivity contribution in [1.29, 1.82) is 0 Å². The van der Waals surface area contributed by atoms with Crippen LogP contribution < -0.4 is 14.8 Å². The smallest absolute Gasteiger partial charge is 0.163 e. The van der Waals surface area contributed by atoms with E-state index >= 15 is 0 Å². The Morgan fingerprint density at radius 1 is 1.10 bits per heavy atom. The number of benzene rings is 1. The molecule has 0 radical (unpaired) electrons. The molecular formula is C15H20ClNO3. The van der Waals surface area contributed by atoms with Gasteiger partial charge in [-0.25, -0.2) is 0 Å². The molecule has 0 atom stereocenters. The molecule has 1 fully saturated rings. The molecule has 2 aliphatic rings. The van der Waals surface area contributed by atoms with Gasteiger partial charge in [0.1, 0.15) is 13.2 Å². The summed E-state index contributed by atoms with van der Waals surface area (Å²) in [6.07, 6.45) is 4.79. The second-order valence-electron chi connectivity index (χ2n) is 5.33. The molecule has 0 spiro atoms. The molecule has 0 aromatic heterocycles. The molecule has 5 heteroatoms. The van der Waals surface area contributed by atoms with Gasteiger partial charge in [0.05, 0.1) is 16.8 Å². The number of anilines is 1. The van der Waals surface area contributed by atoms with Gasteiger partial charge in [0, 0.05) is 25.3 Å². The van der Waals surface area contributed by atoms with Crippen molar-refractivity contribution >= 4 is 17.3 Å². The van der Waals surface area contributed by atoms with Crippen molar-refractivity contribution in [3.8, 4) is 11.5 Å². The minimum absolute atomic E-state index is 0.406. The standard InChI is InChI=1S/C15H20ClNO3/c1-18-11-4-2-10(3-5-11)17-13-9-15-14(8-12(13)16)19-6-7-20-15/h8-11,17H,2-7H2,1H3. The molecule has 4 nitrogen and oxygen atoms in total. The van der Waals surface area contributed by atoms with Gasteiger partial charge in [-0.15, -0.1) is 0 Å². The van der Waals surface area contributed by atoms with Gasteiger partial charge >= 0.3 is 0 Å². The fraction of sp³-hybridized carbons (Fsp3) is 0.600. The second-order valence-corrected chi connectivity index (χ2v) is 5.74. The zero-order valence-corrected chi connectivity index (χ0v) is 12.4. The number of nitrogens with one attached hydrogen (secondary N) is 1. The highest BCUT2D eigenvalue weighted by Crippen LogP contribution is 2.39. The van der Waals surface area contributed by atoms with Crippen molar-refractivity contribution in [2.75, 3.05) is 25.6 Å². The van der Waals surface area contributed by atoms with Crippen molar-refractivity contribution in [1.82, 2.24) is 0 Å². The summed E-state index contributed by atoms with van der Waals surface area (Å²) < 4.78 is 16.5. The van der Waals surface area contributed by atoms with Gasteiger partial charge in [0.25, 0.3) is 0 Å². The van der Waals surface area contributed by atoms with Gasteiger partial charge in [-0.2, -0.15) is 0 Å². The molecule has 1 aromatic carbocycles. The first-order chi connectivity index (χ1) is 9.76. The molecule has 110 valence electrons. The van der Waals surface area contributed by atoms with Gasteiger partial charge < -0.3 is 19.5 Å². The first-order valence-corrected chi connectivity index (χ1v) is 7.52. The van der Waals surface area contributed by atoms with Crippen molar-refractivity contribution in [2.24, 2.45) is 0 Å². The fourth-order valence-corrected chi connectivity index (χ4v) is 3.05. The first-order valence-electron chi connectivity index (χ1n) is 7.14. The minimum atomic E-state index is 0.406. The van der Waals surface area contributed by atoms with Crippen molar-refractivity contribution in [2.45, 2.75) is 37.8 Å².